The summed E-state index contributed by atoms with van der Waals surface area (Å²) in [6, 6.07) is 5.41. The molecule has 0 spiro atoms. The van der Waals surface area contributed by atoms with Crippen LogP contribution in [0, 0.1) is 0 Å². The minimum atomic E-state index is 0.604. The Morgan fingerprint density at radius 1 is 1.32 bits per heavy atom. The third kappa shape index (κ3) is 2.48. The van der Waals surface area contributed by atoms with Crippen LogP contribution in [-0.2, 0) is 6.42 Å². The molecule has 1 aromatic carbocycles. The summed E-state index contributed by atoms with van der Waals surface area (Å²) in [5.74, 6) is 0. The van der Waals surface area contributed by atoms with Gasteiger partial charge in [-0.3, -0.25) is 0 Å². The molecule has 0 bridgehead atoms. The van der Waals surface area contributed by atoms with E-state index in [1.165, 1.54) is 0 Å². The number of benzene rings is 1. The van der Waals surface area contributed by atoms with Crippen molar-refractivity contribution in [2.24, 2.45) is 0 Å². The molecular weight excluding hydrogens is 301 g/mol. The molecule has 19 heavy (non-hydrogen) atoms. The van der Waals surface area contributed by atoms with Crippen LogP contribution in [0.25, 0.3) is 16.2 Å². The zero-order valence-corrected chi connectivity index (χ0v) is 12.6. The normalized spacial score (nSPS) is 11.3. The number of nitrogens with zero attached hydrogens (tertiary/aromatic N) is 3. The third-order valence-electron chi connectivity index (χ3n) is 2.76. The van der Waals surface area contributed by atoms with Gasteiger partial charge >= 0.3 is 0 Å². The zero-order valence-electron chi connectivity index (χ0n) is 10.2. The van der Waals surface area contributed by atoms with E-state index in [0.717, 1.165) is 34.1 Å². The second kappa shape index (κ2) is 5.12. The van der Waals surface area contributed by atoms with E-state index >= 15 is 0 Å². The predicted molar refractivity (Wildman–Crippen MR) is 80.3 cm³/mol. The van der Waals surface area contributed by atoms with Gasteiger partial charge in [0.2, 0.25) is 4.96 Å². The number of fused-ring (bicyclic) bond motifs is 1. The molecule has 0 aliphatic heterocycles. The van der Waals surface area contributed by atoms with Crippen molar-refractivity contribution in [3.8, 4) is 11.3 Å². The summed E-state index contributed by atoms with van der Waals surface area (Å²) in [6.45, 7) is 2.14. The minimum Gasteiger partial charge on any atom is -0.217 e. The molecular formula is C13H11Cl2N3S. The highest BCUT2D eigenvalue weighted by Gasteiger charge is 2.11. The molecule has 6 heteroatoms. The molecule has 3 aromatic rings. The Labute approximate surface area is 124 Å². The van der Waals surface area contributed by atoms with E-state index in [9.17, 15) is 0 Å². The van der Waals surface area contributed by atoms with Crippen molar-refractivity contribution in [2.75, 3.05) is 0 Å². The summed E-state index contributed by atoms with van der Waals surface area (Å²) >= 11 is 13.7. The molecule has 3 nitrogen and oxygen atoms in total. The number of aryl methyl sites for hydroxylation is 1. The second-order valence-corrected chi connectivity index (χ2v) is 6.11. The van der Waals surface area contributed by atoms with Gasteiger partial charge in [0.05, 0.1) is 16.9 Å². The molecule has 0 atom stereocenters. The van der Waals surface area contributed by atoms with Crippen LogP contribution in [0.3, 0.4) is 0 Å². The Morgan fingerprint density at radius 3 is 2.84 bits per heavy atom. The molecule has 0 unspecified atom stereocenters. The molecule has 0 N–H and O–H groups in total. The molecule has 0 saturated heterocycles. The van der Waals surface area contributed by atoms with Crippen molar-refractivity contribution in [3.05, 3.63) is 39.4 Å². The summed E-state index contributed by atoms with van der Waals surface area (Å²) in [5.41, 5.74) is 1.70. The van der Waals surface area contributed by atoms with Crippen LogP contribution in [0.1, 0.15) is 18.4 Å². The van der Waals surface area contributed by atoms with Crippen molar-refractivity contribution in [1.82, 2.24) is 14.6 Å². The highest BCUT2D eigenvalue weighted by atomic mass is 35.5. The van der Waals surface area contributed by atoms with Gasteiger partial charge in [0.15, 0.2) is 0 Å². The van der Waals surface area contributed by atoms with Gasteiger partial charge in [-0.1, -0.05) is 41.5 Å². The van der Waals surface area contributed by atoms with Gasteiger partial charge < -0.3 is 0 Å². The summed E-state index contributed by atoms with van der Waals surface area (Å²) in [6.07, 6.45) is 3.98. The quantitative estimate of drug-likeness (QED) is 0.700. The molecule has 0 amide bonds. The van der Waals surface area contributed by atoms with E-state index in [4.69, 9.17) is 23.2 Å². The predicted octanol–water partition coefficient (Wildman–Crippen LogP) is 4.72. The lowest BCUT2D eigenvalue weighted by Crippen LogP contribution is -1.85. The van der Waals surface area contributed by atoms with E-state index in [2.05, 4.69) is 17.0 Å². The first kappa shape index (κ1) is 12.9. The van der Waals surface area contributed by atoms with Gasteiger partial charge in [0.1, 0.15) is 5.01 Å². The molecule has 2 aromatic heterocycles. The summed E-state index contributed by atoms with van der Waals surface area (Å²) in [5, 5.41) is 6.84. The highest BCUT2D eigenvalue weighted by Crippen LogP contribution is 2.30. The third-order valence-corrected chi connectivity index (χ3v) is 4.29. The van der Waals surface area contributed by atoms with Crippen LogP contribution in [0.2, 0.25) is 10.0 Å². The van der Waals surface area contributed by atoms with Crippen LogP contribution in [0.5, 0.6) is 0 Å². The maximum atomic E-state index is 6.19. The first-order valence-corrected chi connectivity index (χ1v) is 7.55. The van der Waals surface area contributed by atoms with Gasteiger partial charge in [-0.25, -0.2) is 9.50 Å². The summed E-state index contributed by atoms with van der Waals surface area (Å²) in [7, 11) is 0. The van der Waals surface area contributed by atoms with Gasteiger partial charge in [0.25, 0.3) is 0 Å². The zero-order chi connectivity index (χ0) is 13.4. The van der Waals surface area contributed by atoms with Crippen LogP contribution >= 0.6 is 34.5 Å². The first-order chi connectivity index (χ1) is 9.17. The maximum Gasteiger partial charge on any atom is 0.212 e. The van der Waals surface area contributed by atoms with Crippen LogP contribution in [0.15, 0.2) is 24.4 Å². The van der Waals surface area contributed by atoms with Gasteiger partial charge in [-0.05, 0) is 24.6 Å². The minimum absolute atomic E-state index is 0.604. The number of hydrogen-bond acceptors (Lipinski definition) is 3. The average Bonchev–Trinajstić information content (AvgIpc) is 2.87. The number of rotatable bonds is 3. The average molecular weight is 312 g/mol. The molecule has 2 heterocycles. The van der Waals surface area contributed by atoms with Crippen LogP contribution < -0.4 is 0 Å². The Hall–Kier alpha value is -1.10. The van der Waals surface area contributed by atoms with Crippen molar-refractivity contribution in [1.29, 1.82) is 0 Å². The molecule has 0 saturated carbocycles. The molecule has 3 rings (SSSR count). The summed E-state index contributed by atoms with van der Waals surface area (Å²) < 4.78 is 1.82. The number of aromatic nitrogens is 3. The van der Waals surface area contributed by atoms with Crippen LogP contribution in [0.4, 0.5) is 0 Å². The van der Waals surface area contributed by atoms with E-state index in [1.54, 1.807) is 17.4 Å². The SMILES string of the molecule is CCCc1nn2cc(-c3ccc(Cl)cc3Cl)nc2s1. The Morgan fingerprint density at radius 2 is 2.16 bits per heavy atom. The van der Waals surface area contributed by atoms with Crippen molar-refractivity contribution in [2.45, 2.75) is 19.8 Å². The maximum absolute atomic E-state index is 6.19. The second-order valence-electron chi connectivity index (χ2n) is 4.22. The Kier molecular flexibility index (Phi) is 3.48. The first-order valence-electron chi connectivity index (χ1n) is 5.98. The molecule has 98 valence electrons. The van der Waals surface area contributed by atoms with Crippen LogP contribution in [-0.4, -0.2) is 14.6 Å². The van der Waals surface area contributed by atoms with Crippen molar-refractivity contribution < 1.29 is 0 Å². The lowest BCUT2D eigenvalue weighted by molar-refractivity contribution is 0.849. The van der Waals surface area contributed by atoms with E-state index in [0.29, 0.717) is 10.0 Å². The van der Waals surface area contributed by atoms with Crippen molar-refractivity contribution >= 4 is 39.5 Å². The fourth-order valence-corrected chi connectivity index (χ4v) is 3.37. The standard InChI is InChI=1S/C13H11Cl2N3S/c1-2-3-12-17-18-7-11(16-13(18)19-12)9-5-4-8(14)6-10(9)15/h4-7H,2-3H2,1H3. The lowest BCUT2D eigenvalue weighted by atomic mass is 10.2. The monoisotopic (exact) mass is 311 g/mol. The fourth-order valence-electron chi connectivity index (χ4n) is 1.88. The molecule has 0 fully saturated rings. The lowest BCUT2D eigenvalue weighted by Gasteiger charge is -2.00. The van der Waals surface area contributed by atoms with E-state index in [-0.39, 0.29) is 0 Å². The summed E-state index contributed by atoms with van der Waals surface area (Å²) in [4.78, 5) is 5.46. The smallest absolute Gasteiger partial charge is 0.212 e. The highest BCUT2D eigenvalue weighted by molar-refractivity contribution is 7.16. The number of imidazole rings is 1. The Balaban J connectivity index is 2.03. The molecule has 0 aliphatic carbocycles. The van der Waals surface area contributed by atoms with Crippen molar-refractivity contribution in [3.63, 3.8) is 0 Å². The molecule has 0 radical (unpaired) electrons. The molecule has 0 aliphatic rings. The van der Waals surface area contributed by atoms with Gasteiger partial charge in [0, 0.05) is 17.0 Å². The number of halogens is 2. The van der Waals surface area contributed by atoms with Gasteiger partial charge in [-0.2, -0.15) is 5.10 Å². The van der Waals surface area contributed by atoms with Gasteiger partial charge in [-0.15, -0.1) is 0 Å². The Bertz CT molecular complexity index is 701. The topological polar surface area (TPSA) is 30.2 Å². The van der Waals surface area contributed by atoms with E-state index < -0.39 is 0 Å². The largest absolute Gasteiger partial charge is 0.217 e. The number of hydrogen-bond donors (Lipinski definition) is 0. The fraction of sp³-hybridized carbons (Fsp3) is 0.231. The van der Waals surface area contributed by atoms with E-state index in [1.807, 2.05) is 22.8 Å².